The molecule has 0 bridgehead atoms. The Labute approximate surface area is 119 Å². The Morgan fingerprint density at radius 1 is 1.37 bits per heavy atom. The van der Waals surface area contributed by atoms with Gasteiger partial charge in [0.1, 0.15) is 10.4 Å². The number of hydrogen-bond acceptors (Lipinski definition) is 2. The third-order valence-corrected chi connectivity index (χ3v) is 3.15. The second-order valence-electron chi connectivity index (χ2n) is 4.14. The van der Waals surface area contributed by atoms with E-state index < -0.39 is 0 Å². The molecule has 5 heteroatoms. The second kappa shape index (κ2) is 5.93. The maximum atomic E-state index is 13.3. The van der Waals surface area contributed by atoms with Crippen molar-refractivity contribution in [2.24, 2.45) is 0 Å². The number of nitrogens with zero attached hydrogens (tertiary/aromatic N) is 1. The Morgan fingerprint density at radius 3 is 2.79 bits per heavy atom. The molecule has 1 N–H and O–H groups in total. The molecular weight excluding hydrogens is 311 g/mol. The summed E-state index contributed by atoms with van der Waals surface area (Å²) in [6, 6.07) is 8.27. The highest BCUT2D eigenvalue weighted by molar-refractivity contribution is 9.10. The van der Waals surface area contributed by atoms with Gasteiger partial charge < -0.3 is 5.32 Å². The molecule has 0 aliphatic rings. The molecule has 0 unspecified atom stereocenters. The van der Waals surface area contributed by atoms with Crippen molar-refractivity contribution < 1.29 is 9.18 Å². The molecule has 2 aromatic rings. The molecule has 2 rings (SSSR count). The molecule has 1 aromatic carbocycles. The van der Waals surface area contributed by atoms with Crippen molar-refractivity contribution in [2.75, 3.05) is 0 Å². The van der Waals surface area contributed by atoms with Gasteiger partial charge >= 0.3 is 0 Å². The fraction of sp³-hybridized carbons (Fsp3) is 0.143. The van der Waals surface area contributed by atoms with E-state index in [1.165, 1.54) is 12.3 Å². The molecule has 0 radical (unpaired) electrons. The van der Waals surface area contributed by atoms with Crippen LogP contribution in [0.2, 0.25) is 0 Å². The van der Waals surface area contributed by atoms with Gasteiger partial charge in [0.15, 0.2) is 0 Å². The molecule has 0 saturated carbocycles. The maximum absolute atomic E-state index is 13.3. The number of aryl methyl sites for hydroxylation is 1. The molecule has 1 aromatic heterocycles. The predicted octanol–water partition coefficient (Wildman–Crippen LogP) is 3.22. The average molecular weight is 323 g/mol. The number of benzene rings is 1. The summed E-state index contributed by atoms with van der Waals surface area (Å²) < 4.78 is 14.0. The number of amides is 1. The highest BCUT2D eigenvalue weighted by atomic mass is 79.9. The quantitative estimate of drug-likeness (QED) is 0.881. The van der Waals surface area contributed by atoms with Crippen LogP contribution in [0.5, 0.6) is 0 Å². The fourth-order valence-electron chi connectivity index (χ4n) is 1.54. The van der Waals surface area contributed by atoms with Gasteiger partial charge in [-0.15, -0.1) is 0 Å². The summed E-state index contributed by atoms with van der Waals surface area (Å²) in [5.41, 5.74) is 1.78. The molecule has 98 valence electrons. The van der Waals surface area contributed by atoms with Crippen LogP contribution >= 0.6 is 15.9 Å². The zero-order valence-corrected chi connectivity index (χ0v) is 11.9. The number of aromatic nitrogens is 1. The van der Waals surface area contributed by atoms with E-state index >= 15 is 0 Å². The van der Waals surface area contributed by atoms with Crippen molar-refractivity contribution in [3.8, 4) is 0 Å². The van der Waals surface area contributed by atoms with E-state index in [2.05, 4.69) is 26.2 Å². The zero-order chi connectivity index (χ0) is 13.8. The first kappa shape index (κ1) is 13.7. The molecule has 0 aliphatic heterocycles. The second-order valence-corrected chi connectivity index (χ2v) is 4.95. The van der Waals surface area contributed by atoms with Gasteiger partial charge in [0, 0.05) is 12.7 Å². The highest BCUT2D eigenvalue weighted by Crippen LogP contribution is 2.10. The van der Waals surface area contributed by atoms with Crippen molar-refractivity contribution in [1.29, 1.82) is 0 Å². The summed E-state index contributed by atoms with van der Waals surface area (Å²) in [6.45, 7) is 1.98. The summed E-state index contributed by atoms with van der Waals surface area (Å²) in [4.78, 5) is 15.8. The van der Waals surface area contributed by atoms with Crippen LogP contribution in [0.3, 0.4) is 0 Å². The van der Waals surface area contributed by atoms with Crippen LogP contribution in [0.4, 0.5) is 4.39 Å². The lowest BCUT2D eigenvalue weighted by Crippen LogP contribution is -2.22. The number of nitrogens with one attached hydrogen (secondary N) is 1. The average Bonchev–Trinajstić information content (AvgIpc) is 2.40. The Hall–Kier alpha value is -1.75. The Morgan fingerprint density at radius 2 is 2.16 bits per heavy atom. The summed E-state index contributed by atoms with van der Waals surface area (Å²) in [5, 5.41) is 2.72. The van der Waals surface area contributed by atoms with Gasteiger partial charge in [-0.1, -0.05) is 12.1 Å². The van der Waals surface area contributed by atoms with E-state index in [-0.39, 0.29) is 18.3 Å². The van der Waals surface area contributed by atoms with Crippen LogP contribution in [0.1, 0.15) is 21.5 Å². The first-order chi connectivity index (χ1) is 9.06. The molecule has 19 heavy (non-hydrogen) atoms. The number of carbonyl (C=O) groups excluding carboxylic acids is 1. The molecule has 1 heterocycles. The van der Waals surface area contributed by atoms with Crippen LogP contribution < -0.4 is 5.32 Å². The van der Waals surface area contributed by atoms with Gasteiger partial charge in [-0.25, -0.2) is 9.37 Å². The lowest BCUT2D eigenvalue weighted by molar-refractivity contribution is 0.0950. The van der Waals surface area contributed by atoms with E-state index in [0.717, 1.165) is 5.56 Å². The van der Waals surface area contributed by atoms with Crippen LogP contribution in [0.25, 0.3) is 0 Å². The van der Waals surface area contributed by atoms with Crippen LogP contribution in [0.15, 0.2) is 41.1 Å². The fourth-order valence-corrected chi connectivity index (χ4v) is 1.78. The Bertz CT molecular complexity index is 599. The largest absolute Gasteiger partial charge is 0.348 e. The first-order valence-electron chi connectivity index (χ1n) is 5.71. The van der Waals surface area contributed by atoms with E-state index in [0.29, 0.717) is 15.7 Å². The van der Waals surface area contributed by atoms with Crippen molar-refractivity contribution in [3.05, 3.63) is 63.6 Å². The Kier molecular flexibility index (Phi) is 4.27. The number of halogens is 2. The third kappa shape index (κ3) is 3.61. The Balaban J connectivity index is 2.00. The molecular formula is C14H12BrFN2O. The van der Waals surface area contributed by atoms with Crippen molar-refractivity contribution >= 4 is 21.8 Å². The lowest BCUT2D eigenvalue weighted by atomic mass is 10.1. The summed E-state index contributed by atoms with van der Waals surface area (Å²) >= 11 is 3.20. The normalized spacial score (nSPS) is 10.3. The van der Waals surface area contributed by atoms with E-state index in [9.17, 15) is 9.18 Å². The molecule has 0 atom stereocenters. The van der Waals surface area contributed by atoms with E-state index in [1.807, 2.05) is 0 Å². The van der Waals surface area contributed by atoms with E-state index in [1.54, 1.807) is 31.2 Å². The van der Waals surface area contributed by atoms with Gasteiger partial charge in [0.05, 0.1) is 5.56 Å². The highest BCUT2D eigenvalue weighted by Gasteiger charge is 2.06. The third-order valence-electron chi connectivity index (χ3n) is 2.68. The number of carbonyl (C=O) groups is 1. The monoisotopic (exact) mass is 322 g/mol. The number of hydrogen-bond donors (Lipinski definition) is 1. The minimum absolute atomic E-state index is 0.235. The minimum atomic E-state index is -0.267. The van der Waals surface area contributed by atoms with Crippen molar-refractivity contribution in [1.82, 2.24) is 10.3 Å². The molecule has 3 nitrogen and oxygen atoms in total. The predicted molar refractivity (Wildman–Crippen MR) is 74.2 cm³/mol. The summed E-state index contributed by atoms with van der Waals surface area (Å²) in [7, 11) is 0. The maximum Gasteiger partial charge on any atom is 0.253 e. The first-order valence-corrected chi connectivity index (χ1v) is 6.50. The molecule has 0 saturated heterocycles. The minimum Gasteiger partial charge on any atom is -0.348 e. The SMILES string of the molecule is Cc1ccc(CNC(=O)c2ccc(Br)nc2)cc1F. The standard InChI is InChI=1S/C14H12BrFN2O/c1-9-2-3-10(6-12(9)16)7-18-14(19)11-4-5-13(15)17-8-11/h2-6,8H,7H2,1H3,(H,18,19). The van der Waals surface area contributed by atoms with Crippen molar-refractivity contribution in [3.63, 3.8) is 0 Å². The lowest BCUT2D eigenvalue weighted by Gasteiger charge is -2.06. The van der Waals surface area contributed by atoms with Gasteiger partial charge in [0.25, 0.3) is 5.91 Å². The van der Waals surface area contributed by atoms with Crippen LogP contribution in [-0.2, 0) is 6.54 Å². The van der Waals surface area contributed by atoms with Crippen LogP contribution in [0, 0.1) is 12.7 Å². The molecule has 0 aliphatic carbocycles. The van der Waals surface area contributed by atoms with Crippen LogP contribution in [-0.4, -0.2) is 10.9 Å². The molecule has 1 amide bonds. The summed E-state index contributed by atoms with van der Waals surface area (Å²) in [5.74, 6) is -0.502. The van der Waals surface area contributed by atoms with E-state index in [4.69, 9.17) is 0 Å². The summed E-state index contributed by atoms with van der Waals surface area (Å²) in [6.07, 6.45) is 1.48. The zero-order valence-electron chi connectivity index (χ0n) is 10.3. The molecule has 0 spiro atoms. The topological polar surface area (TPSA) is 42.0 Å². The van der Waals surface area contributed by atoms with Gasteiger partial charge in [0.2, 0.25) is 0 Å². The molecule has 0 fully saturated rings. The smallest absolute Gasteiger partial charge is 0.253 e. The number of rotatable bonds is 3. The van der Waals surface area contributed by atoms with Gasteiger partial charge in [-0.05, 0) is 52.2 Å². The van der Waals surface area contributed by atoms with Gasteiger partial charge in [-0.3, -0.25) is 4.79 Å². The number of pyridine rings is 1. The van der Waals surface area contributed by atoms with Gasteiger partial charge in [-0.2, -0.15) is 0 Å². The van der Waals surface area contributed by atoms with Crippen molar-refractivity contribution in [2.45, 2.75) is 13.5 Å².